The average molecular weight is 377 g/mol. The zero-order valence-corrected chi connectivity index (χ0v) is 13.0. The van der Waals surface area contributed by atoms with Crippen LogP contribution in [0.1, 0.15) is 36.0 Å². The Bertz CT molecular complexity index is 451. The Hall–Kier alpha value is -0.390. The number of carbonyl (C=O) groups is 1. The molecular weight excluding hydrogens is 362 g/mol. The highest BCUT2D eigenvalue weighted by molar-refractivity contribution is 9.11. The Morgan fingerprint density at radius 2 is 2.11 bits per heavy atom. The number of rotatable bonds is 2. The summed E-state index contributed by atoms with van der Waals surface area (Å²) in [5.41, 5.74) is 0.623. The number of hydrogen-bond donors (Lipinski definition) is 2. The predicted molar refractivity (Wildman–Crippen MR) is 77.6 cm³/mol. The molecule has 2 atom stereocenters. The quantitative estimate of drug-likeness (QED) is 0.832. The summed E-state index contributed by atoms with van der Waals surface area (Å²) in [5.74, 6) is -0.0894. The van der Waals surface area contributed by atoms with E-state index in [1.165, 1.54) is 0 Å². The SMILES string of the molecule is O=C(NC1CCCC(O)C1)c1ccc(Br)cc1Br. The lowest BCUT2D eigenvalue weighted by molar-refractivity contribution is 0.0849. The molecule has 5 heteroatoms. The van der Waals surface area contributed by atoms with Gasteiger partial charge in [0.1, 0.15) is 0 Å². The summed E-state index contributed by atoms with van der Waals surface area (Å²) in [6.45, 7) is 0. The molecule has 1 saturated carbocycles. The van der Waals surface area contributed by atoms with Crippen molar-refractivity contribution in [1.82, 2.24) is 5.32 Å². The second kappa shape index (κ2) is 6.17. The number of aliphatic hydroxyl groups is 1. The van der Waals surface area contributed by atoms with Gasteiger partial charge in [-0.25, -0.2) is 0 Å². The van der Waals surface area contributed by atoms with Crippen LogP contribution in [0, 0.1) is 0 Å². The lowest BCUT2D eigenvalue weighted by Crippen LogP contribution is -2.39. The van der Waals surface area contributed by atoms with Gasteiger partial charge in [-0.1, -0.05) is 15.9 Å². The maximum absolute atomic E-state index is 12.1. The Morgan fingerprint density at radius 3 is 2.78 bits per heavy atom. The van der Waals surface area contributed by atoms with Gasteiger partial charge < -0.3 is 10.4 Å². The van der Waals surface area contributed by atoms with Crippen molar-refractivity contribution in [2.24, 2.45) is 0 Å². The fourth-order valence-corrected chi connectivity index (χ4v) is 3.46. The third kappa shape index (κ3) is 3.56. The average Bonchev–Trinajstić information content (AvgIpc) is 2.28. The number of carbonyl (C=O) groups excluding carboxylic acids is 1. The fourth-order valence-electron chi connectivity index (χ4n) is 2.23. The van der Waals surface area contributed by atoms with Crippen LogP contribution in [0.25, 0.3) is 0 Å². The van der Waals surface area contributed by atoms with E-state index < -0.39 is 0 Å². The molecule has 0 bridgehead atoms. The zero-order valence-electron chi connectivity index (χ0n) is 9.83. The van der Waals surface area contributed by atoms with Crippen LogP contribution in [0.15, 0.2) is 27.1 Å². The molecule has 2 unspecified atom stereocenters. The summed E-state index contributed by atoms with van der Waals surface area (Å²) < 4.78 is 1.70. The third-order valence-corrected chi connectivity index (χ3v) is 4.31. The van der Waals surface area contributed by atoms with Crippen molar-refractivity contribution in [3.63, 3.8) is 0 Å². The molecule has 0 saturated heterocycles. The largest absolute Gasteiger partial charge is 0.393 e. The molecule has 2 N–H and O–H groups in total. The monoisotopic (exact) mass is 375 g/mol. The van der Waals surface area contributed by atoms with E-state index in [9.17, 15) is 9.90 Å². The van der Waals surface area contributed by atoms with Crippen molar-refractivity contribution in [3.8, 4) is 0 Å². The van der Waals surface area contributed by atoms with Crippen LogP contribution in [-0.4, -0.2) is 23.2 Å². The van der Waals surface area contributed by atoms with Crippen LogP contribution in [-0.2, 0) is 0 Å². The first kappa shape index (κ1) is 14.0. The van der Waals surface area contributed by atoms with E-state index >= 15 is 0 Å². The van der Waals surface area contributed by atoms with E-state index in [2.05, 4.69) is 37.2 Å². The minimum absolute atomic E-state index is 0.0804. The highest BCUT2D eigenvalue weighted by atomic mass is 79.9. The molecule has 0 aromatic heterocycles. The minimum Gasteiger partial charge on any atom is -0.393 e. The van der Waals surface area contributed by atoms with Crippen LogP contribution in [0.3, 0.4) is 0 Å². The standard InChI is InChI=1S/C13H15Br2NO2/c14-8-4-5-11(12(15)6-8)13(18)16-9-2-1-3-10(17)7-9/h4-6,9-10,17H,1-3,7H2,(H,16,18). The lowest BCUT2D eigenvalue weighted by atomic mass is 9.93. The van der Waals surface area contributed by atoms with Crippen LogP contribution in [0.4, 0.5) is 0 Å². The van der Waals surface area contributed by atoms with E-state index in [-0.39, 0.29) is 18.1 Å². The van der Waals surface area contributed by atoms with Crippen LogP contribution in [0.2, 0.25) is 0 Å². The maximum atomic E-state index is 12.1. The van der Waals surface area contributed by atoms with Crippen molar-refractivity contribution in [1.29, 1.82) is 0 Å². The Kier molecular flexibility index (Phi) is 4.81. The molecule has 18 heavy (non-hydrogen) atoms. The van der Waals surface area contributed by atoms with Gasteiger partial charge in [-0.15, -0.1) is 0 Å². The highest BCUT2D eigenvalue weighted by Gasteiger charge is 2.22. The van der Waals surface area contributed by atoms with Crippen molar-refractivity contribution < 1.29 is 9.90 Å². The van der Waals surface area contributed by atoms with Gasteiger partial charge in [0, 0.05) is 15.0 Å². The smallest absolute Gasteiger partial charge is 0.252 e. The van der Waals surface area contributed by atoms with Gasteiger partial charge in [0.05, 0.1) is 11.7 Å². The molecule has 1 aliphatic rings. The van der Waals surface area contributed by atoms with Gasteiger partial charge >= 0.3 is 0 Å². The molecule has 1 aromatic carbocycles. The molecule has 0 heterocycles. The van der Waals surface area contributed by atoms with Gasteiger partial charge in [0.15, 0.2) is 0 Å². The number of benzene rings is 1. The van der Waals surface area contributed by atoms with E-state index in [0.29, 0.717) is 12.0 Å². The molecule has 3 nitrogen and oxygen atoms in total. The van der Waals surface area contributed by atoms with Gasteiger partial charge in [0.25, 0.3) is 5.91 Å². The Morgan fingerprint density at radius 1 is 1.33 bits per heavy atom. The molecular formula is C13H15Br2NO2. The minimum atomic E-state index is -0.280. The molecule has 1 fully saturated rings. The van der Waals surface area contributed by atoms with E-state index in [0.717, 1.165) is 28.2 Å². The fraction of sp³-hybridized carbons (Fsp3) is 0.462. The predicted octanol–water partition coefficient (Wildman–Crippen LogP) is 3.24. The number of hydrogen-bond acceptors (Lipinski definition) is 2. The lowest BCUT2D eigenvalue weighted by Gasteiger charge is -2.26. The highest BCUT2D eigenvalue weighted by Crippen LogP contribution is 2.23. The number of aliphatic hydroxyl groups excluding tert-OH is 1. The van der Waals surface area contributed by atoms with Gasteiger partial charge in [-0.2, -0.15) is 0 Å². The van der Waals surface area contributed by atoms with E-state index in [1.807, 2.05) is 12.1 Å². The molecule has 0 radical (unpaired) electrons. The molecule has 1 aromatic rings. The van der Waals surface area contributed by atoms with Gasteiger partial charge in [0.2, 0.25) is 0 Å². The number of halogens is 2. The van der Waals surface area contributed by atoms with E-state index in [1.54, 1.807) is 6.07 Å². The first-order valence-corrected chi connectivity index (χ1v) is 7.59. The first-order valence-electron chi connectivity index (χ1n) is 6.00. The van der Waals surface area contributed by atoms with Crippen molar-refractivity contribution in [2.75, 3.05) is 0 Å². The second-order valence-corrected chi connectivity index (χ2v) is 6.38. The van der Waals surface area contributed by atoms with Crippen LogP contribution >= 0.6 is 31.9 Å². The number of amides is 1. The van der Waals surface area contributed by atoms with E-state index in [4.69, 9.17) is 0 Å². The zero-order chi connectivity index (χ0) is 13.1. The van der Waals surface area contributed by atoms with Crippen molar-refractivity contribution in [2.45, 2.75) is 37.8 Å². The normalized spacial score (nSPS) is 23.7. The third-order valence-electron chi connectivity index (χ3n) is 3.16. The van der Waals surface area contributed by atoms with Crippen molar-refractivity contribution >= 4 is 37.8 Å². The summed E-state index contributed by atoms with van der Waals surface area (Å²) >= 11 is 6.74. The Balaban J connectivity index is 2.03. The summed E-state index contributed by atoms with van der Waals surface area (Å²) in [5, 5.41) is 12.6. The summed E-state index contributed by atoms with van der Waals surface area (Å²) in [4.78, 5) is 12.1. The molecule has 0 aliphatic heterocycles. The molecule has 1 aliphatic carbocycles. The van der Waals surface area contributed by atoms with Gasteiger partial charge in [-0.05, 0) is 59.8 Å². The van der Waals surface area contributed by atoms with Crippen LogP contribution < -0.4 is 5.32 Å². The van der Waals surface area contributed by atoms with Gasteiger partial charge in [-0.3, -0.25) is 4.79 Å². The Labute approximate surface area is 123 Å². The molecule has 2 rings (SSSR count). The molecule has 1 amide bonds. The maximum Gasteiger partial charge on any atom is 0.252 e. The topological polar surface area (TPSA) is 49.3 Å². The summed E-state index contributed by atoms with van der Waals surface area (Å²) in [7, 11) is 0. The molecule has 0 spiro atoms. The van der Waals surface area contributed by atoms with Crippen LogP contribution in [0.5, 0.6) is 0 Å². The number of nitrogens with one attached hydrogen (secondary N) is 1. The molecule has 98 valence electrons. The first-order chi connectivity index (χ1) is 8.56. The van der Waals surface area contributed by atoms with Crippen molar-refractivity contribution in [3.05, 3.63) is 32.7 Å². The summed E-state index contributed by atoms with van der Waals surface area (Å²) in [6, 6.07) is 5.56. The second-order valence-electron chi connectivity index (χ2n) is 4.61. The summed E-state index contributed by atoms with van der Waals surface area (Å²) in [6.07, 6.45) is 3.12.